The van der Waals surface area contributed by atoms with E-state index in [9.17, 15) is 0 Å². The zero-order valence-electron chi connectivity index (χ0n) is 9.25. The molecule has 86 valence electrons. The van der Waals surface area contributed by atoms with Crippen LogP contribution in [-0.2, 0) is 11.2 Å². The summed E-state index contributed by atoms with van der Waals surface area (Å²) >= 11 is 5.27. The van der Waals surface area contributed by atoms with Crippen LogP contribution >= 0.6 is 27.3 Å². The number of hydrogen-bond donors (Lipinski definition) is 1. The second kappa shape index (κ2) is 7.39. The summed E-state index contributed by atoms with van der Waals surface area (Å²) in [7, 11) is 0. The van der Waals surface area contributed by atoms with Crippen molar-refractivity contribution in [3.8, 4) is 0 Å². The number of rotatable bonds is 7. The Kier molecular flexibility index (Phi) is 6.48. The van der Waals surface area contributed by atoms with Crippen LogP contribution in [-0.4, -0.2) is 25.8 Å². The maximum absolute atomic E-state index is 5.46. The van der Waals surface area contributed by atoms with Gasteiger partial charge in [0.1, 0.15) is 0 Å². The van der Waals surface area contributed by atoms with Gasteiger partial charge in [0.2, 0.25) is 0 Å². The van der Waals surface area contributed by atoms with E-state index in [1.807, 2.05) is 6.92 Å². The van der Waals surface area contributed by atoms with Crippen LogP contribution < -0.4 is 5.32 Å². The molecule has 1 aromatic heterocycles. The molecule has 1 heterocycles. The molecule has 1 rings (SSSR count). The molecule has 0 aromatic carbocycles. The maximum Gasteiger partial charge on any atom is 0.0623 e. The Bertz CT molecular complexity index is 277. The van der Waals surface area contributed by atoms with Gasteiger partial charge in [-0.25, -0.2) is 0 Å². The molecule has 0 saturated heterocycles. The van der Waals surface area contributed by atoms with Gasteiger partial charge in [-0.05, 0) is 41.9 Å². The molecule has 4 heteroatoms. The van der Waals surface area contributed by atoms with E-state index in [1.165, 1.54) is 9.35 Å². The first kappa shape index (κ1) is 13.2. The van der Waals surface area contributed by atoms with Crippen molar-refractivity contribution in [2.75, 3.05) is 19.8 Å². The summed E-state index contributed by atoms with van der Waals surface area (Å²) in [6, 6.07) is 2.61. The van der Waals surface area contributed by atoms with Crippen LogP contribution in [0.3, 0.4) is 0 Å². The Morgan fingerprint density at radius 2 is 2.33 bits per heavy atom. The number of nitrogens with one attached hydrogen (secondary N) is 1. The topological polar surface area (TPSA) is 21.3 Å². The van der Waals surface area contributed by atoms with Gasteiger partial charge in [0.05, 0.1) is 6.61 Å². The van der Waals surface area contributed by atoms with E-state index in [2.05, 4.69) is 39.6 Å². The van der Waals surface area contributed by atoms with Crippen molar-refractivity contribution in [3.63, 3.8) is 0 Å². The van der Waals surface area contributed by atoms with E-state index in [4.69, 9.17) is 4.74 Å². The third-order valence-corrected chi connectivity index (χ3v) is 3.81. The van der Waals surface area contributed by atoms with Crippen molar-refractivity contribution in [1.82, 2.24) is 5.32 Å². The quantitative estimate of drug-likeness (QED) is 0.834. The number of likely N-dealkylation sites (N-methyl/N-ethyl adjacent to an activating group) is 1. The number of ether oxygens (including phenoxy) is 1. The summed E-state index contributed by atoms with van der Waals surface area (Å²) in [6.45, 7) is 6.73. The summed E-state index contributed by atoms with van der Waals surface area (Å²) < 4.78 is 6.63. The van der Waals surface area contributed by atoms with Gasteiger partial charge in [-0.2, -0.15) is 0 Å². The summed E-state index contributed by atoms with van der Waals surface area (Å²) in [6.07, 6.45) is 1.05. The van der Waals surface area contributed by atoms with E-state index in [-0.39, 0.29) is 0 Å². The zero-order valence-corrected chi connectivity index (χ0v) is 11.7. The summed E-state index contributed by atoms with van der Waals surface area (Å²) in [4.78, 5) is 1.40. The minimum atomic E-state index is 0.431. The molecule has 0 aliphatic rings. The monoisotopic (exact) mass is 291 g/mol. The van der Waals surface area contributed by atoms with Crippen molar-refractivity contribution in [1.29, 1.82) is 0 Å². The lowest BCUT2D eigenvalue weighted by Crippen LogP contribution is -2.35. The molecule has 2 nitrogen and oxygen atoms in total. The number of thiophene rings is 1. The highest BCUT2D eigenvalue weighted by molar-refractivity contribution is 9.10. The third kappa shape index (κ3) is 5.11. The highest BCUT2D eigenvalue weighted by atomic mass is 79.9. The van der Waals surface area contributed by atoms with Gasteiger partial charge in [0.25, 0.3) is 0 Å². The molecule has 1 unspecified atom stereocenters. The van der Waals surface area contributed by atoms with Gasteiger partial charge >= 0.3 is 0 Å². The zero-order chi connectivity index (χ0) is 11.1. The Hall–Kier alpha value is 0.1000. The first-order valence-electron chi connectivity index (χ1n) is 5.30. The van der Waals surface area contributed by atoms with Crippen molar-refractivity contribution in [3.05, 3.63) is 20.8 Å². The van der Waals surface area contributed by atoms with Crippen molar-refractivity contribution < 1.29 is 4.74 Å². The fourth-order valence-corrected chi connectivity index (χ4v) is 2.98. The van der Waals surface area contributed by atoms with Crippen LogP contribution in [0, 0.1) is 0 Å². The van der Waals surface area contributed by atoms with E-state index in [0.29, 0.717) is 6.04 Å². The highest BCUT2D eigenvalue weighted by Crippen LogP contribution is 2.21. The minimum absolute atomic E-state index is 0.431. The van der Waals surface area contributed by atoms with E-state index >= 15 is 0 Å². The largest absolute Gasteiger partial charge is 0.380 e. The highest BCUT2D eigenvalue weighted by Gasteiger charge is 2.09. The molecule has 0 saturated carbocycles. The SMILES string of the molecule is CCNC(COCC)Cc1cc(Br)cs1. The molecule has 0 aliphatic heterocycles. The van der Waals surface area contributed by atoms with Crippen LogP contribution in [0.25, 0.3) is 0 Å². The predicted molar refractivity (Wildman–Crippen MR) is 69.7 cm³/mol. The fourth-order valence-electron chi connectivity index (χ4n) is 1.44. The molecule has 15 heavy (non-hydrogen) atoms. The summed E-state index contributed by atoms with van der Waals surface area (Å²) in [5.74, 6) is 0. The molecule has 1 atom stereocenters. The van der Waals surface area contributed by atoms with Gasteiger partial charge in [-0.1, -0.05) is 6.92 Å². The van der Waals surface area contributed by atoms with Crippen LogP contribution in [0.1, 0.15) is 18.7 Å². The second-order valence-corrected chi connectivity index (χ2v) is 5.26. The molecular weight excluding hydrogens is 274 g/mol. The lowest BCUT2D eigenvalue weighted by molar-refractivity contribution is 0.123. The number of halogens is 1. The van der Waals surface area contributed by atoms with Crippen LogP contribution in [0.15, 0.2) is 15.9 Å². The summed E-state index contributed by atoms with van der Waals surface area (Å²) in [5, 5.41) is 5.57. The molecule has 0 aliphatic carbocycles. The van der Waals surface area contributed by atoms with Crippen LogP contribution in [0.2, 0.25) is 0 Å². The van der Waals surface area contributed by atoms with Gasteiger partial charge < -0.3 is 10.1 Å². The standard InChI is InChI=1S/C11H18BrNOS/c1-3-13-10(7-14-4-2)6-11-5-9(12)8-15-11/h5,8,10,13H,3-4,6-7H2,1-2H3. The van der Waals surface area contributed by atoms with Gasteiger partial charge in [-0.3, -0.25) is 0 Å². The van der Waals surface area contributed by atoms with Crippen LogP contribution in [0.5, 0.6) is 0 Å². The molecule has 0 fully saturated rings. The third-order valence-electron chi connectivity index (χ3n) is 2.09. The maximum atomic E-state index is 5.46. The molecule has 1 N–H and O–H groups in total. The second-order valence-electron chi connectivity index (χ2n) is 3.35. The lowest BCUT2D eigenvalue weighted by atomic mass is 10.2. The first-order valence-corrected chi connectivity index (χ1v) is 6.97. The van der Waals surface area contributed by atoms with Gasteiger partial charge in [0, 0.05) is 27.4 Å². The van der Waals surface area contributed by atoms with Gasteiger partial charge in [0.15, 0.2) is 0 Å². The van der Waals surface area contributed by atoms with Crippen LogP contribution in [0.4, 0.5) is 0 Å². The Balaban J connectivity index is 2.42. The van der Waals surface area contributed by atoms with Crippen molar-refractivity contribution >= 4 is 27.3 Å². The van der Waals surface area contributed by atoms with Crippen molar-refractivity contribution in [2.45, 2.75) is 26.3 Å². The van der Waals surface area contributed by atoms with Crippen molar-refractivity contribution in [2.24, 2.45) is 0 Å². The number of hydrogen-bond acceptors (Lipinski definition) is 3. The Morgan fingerprint density at radius 3 is 2.87 bits per heavy atom. The molecule has 0 spiro atoms. The molecule has 0 bridgehead atoms. The average molecular weight is 292 g/mol. The molecule has 0 radical (unpaired) electrons. The molecular formula is C11H18BrNOS. The predicted octanol–water partition coefficient (Wildman–Crippen LogP) is 3.07. The fraction of sp³-hybridized carbons (Fsp3) is 0.636. The molecule has 0 amide bonds. The first-order chi connectivity index (χ1) is 7.26. The van der Waals surface area contributed by atoms with E-state index in [0.717, 1.165) is 26.2 Å². The molecule has 1 aromatic rings. The average Bonchev–Trinajstić information content (AvgIpc) is 2.61. The van der Waals surface area contributed by atoms with E-state index < -0.39 is 0 Å². The normalized spacial score (nSPS) is 13.0. The lowest BCUT2D eigenvalue weighted by Gasteiger charge is -2.16. The Morgan fingerprint density at radius 1 is 1.53 bits per heavy atom. The minimum Gasteiger partial charge on any atom is -0.380 e. The smallest absolute Gasteiger partial charge is 0.0623 e. The summed E-state index contributed by atoms with van der Waals surface area (Å²) in [5.41, 5.74) is 0. The Labute approximate surface area is 104 Å². The van der Waals surface area contributed by atoms with Gasteiger partial charge in [-0.15, -0.1) is 11.3 Å². The van der Waals surface area contributed by atoms with E-state index in [1.54, 1.807) is 11.3 Å².